The van der Waals surface area contributed by atoms with Crippen LogP contribution >= 0.6 is 0 Å². The summed E-state index contributed by atoms with van der Waals surface area (Å²) in [5.41, 5.74) is 1.49. The summed E-state index contributed by atoms with van der Waals surface area (Å²) in [7, 11) is 0. The Bertz CT molecular complexity index is 516. The van der Waals surface area contributed by atoms with E-state index < -0.39 is 17.4 Å². The van der Waals surface area contributed by atoms with Crippen LogP contribution < -0.4 is 0 Å². The zero-order valence-corrected chi connectivity index (χ0v) is 11.5. The standard InChI is InChI=1S/C15H19NO3/c1-15(2,3)14(19)16-9-11-7-5-4-6-10(11)8-12(16)13(17)18/h4-7,12H,8-9H2,1-3H3,(H,17,18). The van der Waals surface area contributed by atoms with Crippen molar-refractivity contribution < 1.29 is 14.7 Å². The maximum Gasteiger partial charge on any atom is 0.326 e. The highest BCUT2D eigenvalue weighted by Gasteiger charge is 2.38. The first-order valence-electron chi connectivity index (χ1n) is 6.41. The number of carbonyl (C=O) groups is 2. The van der Waals surface area contributed by atoms with Crippen LogP contribution in [0.5, 0.6) is 0 Å². The van der Waals surface area contributed by atoms with Gasteiger partial charge in [-0.1, -0.05) is 45.0 Å². The average molecular weight is 261 g/mol. The Morgan fingerprint density at radius 3 is 2.32 bits per heavy atom. The van der Waals surface area contributed by atoms with Crippen molar-refractivity contribution in [2.24, 2.45) is 5.41 Å². The van der Waals surface area contributed by atoms with Crippen molar-refractivity contribution in [2.75, 3.05) is 0 Å². The van der Waals surface area contributed by atoms with E-state index in [1.54, 1.807) is 0 Å². The minimum atomic E-state index is -0.938. The Morgan fingerprint density at radius 1 is 1.21 bits per heavy atom. The molecular formula is C15H19NO3. The van der Waals surface area contributed by atoms with E-state index in [2.05, 4.69) is 0 Å². The Kier molecular flexibility index (Phi) is 3.35. The quantitative estimate of drug-likeness (QED) is 0.842. The molecule has 4 heteroatoms. The number of carboxylic acid groups (broad SMARTS) is 1. The zero-order valence-electron chi connectivity index (χ0n) is 11.5. The third-order valence-corrected chi connectivity index (χ3v) is 3.44. The lowest BCUT2D eigenvalue weighted by Crippen LogP contribution is -2.52. The number of amides is 1. The van der Waals surface area contributed by atoms with E-state index >= 15 is 0 Å². The summed E-state index contributed by atoms with van der Waals surface area (Å²) in [6.07, 6.45) is 0.382. The maximum atomic E-state index is 12.4. The lowest BCUT2D eigenvalue weighted by Gasteiger charge is -2.38. The van der Waals surface area contributed by atoms with Crippen molar-refractivity contribution in [2.45, 2.75) is 39.8 Å². The Hall–Kier alpha value is -1.84. The van der Waals surface area contributed by atoms with Gasteiger partial charge < -0.3 is 10.0 Å². The van der Waals surface area contributed by atoms with E-state index in [1.807, 2.05) is 45.0 Å². The van der Waals surface area contributed by atoms with Crippen molar-refractivity contribution in [1.82, 2.24) is 4.90 Å². The molecule has 0 fully saturated rings. The molecule has 1 N–H and O–H groups in total. The van der Waals surface area contributed by atoms with Gasteiger partial charge in [-0.15, -0.1) is 0 Å². The zero-order chi connectivity index (χ0) is 14.2. The number of hydrogen-bond acceptors (Lipinski definition) is 2. The maximum absolute atomic E-state index is 12.4. The topological polar surface area (TPSA) is 57.6 Å². The third kappa shape index (κ3) is 2.62. The lowest BCUT2D eigenvalue weighted by atomic mass is 9.89. The van der Waals surface area contributed by atoms with E-state index in [9.17, 15) is 14.7 Å². The molecule has 102 valence electrons. The molecule has 0 saturated carbocycles. The SMILES string of the molecule is CC(C)(C)C(=O)N1Cc2ccccc2CC1C(=O)O. The summed E-state index contributed by atoms with van der Waals surface area (Å²) in [4.78, 5) is 25.3. The molecule has 0 spiro atoms. The van der Waals surface area contributed by atoms with Crippen LogP contribution in [0.3, 0.4) is 0 Å². The smallest absolute Gasteiger partial charge is 0.326 e. The van der Waals surface area contributed by atoms with Gasteiger partial charge in [0, 0.05) is 18.4 Å². The molecule has 19 heavy (non-hydrogen) atoms. The summed E-state index contributed by atoms with van der Waals surface area (Å²) in [6, 6.07) is 6.95. The normalized spacial score (nSPS) is 18.9. The second-order valence-electron chi connectivity index (χ2n) is 6.01. The molecule has 4 nitrogen and oxygen atoms in total. The van der Waals surface area contributed by atoms with Crippen LogP contribution in [0.25, 0.3) is 0 Å². The van der Waals surface area contributed by atoms with Gasteiger partial charge >= 0.3 is 5.97 Å². The fourth-order valence-electron chi connectivity index (χ4n) is 2.39. The molecule has 0 radical (unpaired) electrons. The van der Waals surface area contributed by atoms with E-state index in [0.29, 0.717) is 13.0 Å². The van der Waals surface area contributed by atoms with E-state index in [1.165, 1.54) is 4.90 Å². The van der Waals surface area contributed by atoms with E-state index in [4.69, 9.17) is 0 Å². The van der Waals surface area contributed by atoms with Gasteiger partial charge in [0.1, 0.15) is 6.04 Å². The van der Waals surface area contributed by atoms with Crippen LogP contribution in [0, 0.1) is 5.41 Å². The molecular weight excluding hydrogens is 242 g/mol. The number of nitrogens with zero attached hydrogens (tertiary/aromatic N) is 1. The highest BCUT2D eigenvalue weighted by Crippen LogP contribution is 2.28. The molecule has 1 aromatic rings. The first-order valence-corrected chi connectivity index (χ1v) is 6.41. The Balaban J connectivity index is 2.37. The molecule has 1 aliphatic heterocycles. The predicted octanol–water partition coefficient (Wildman–Crippen LogP) is 2.07. The van der Waals surface area contributed by atoms with Crippen molar-refractivity contribution >= 4 is 11.9 Å². The molecule has 2 rings (SSSR count). The minimum Gasteiger partial charge on any atom is -0.480 e. The van der Waals surface area contributed by atoms with Crippen LogP contribution in [-0.4, -0.2) is 27.9 Å². The predicted molar refractivity (Wildman–Crippen MR) is 71.6 cm³/mol. The molecule has 0 bridgehead atoms. The summed E-state index contributed by atoms with van der Waals surface area (Å²) in [6.45, 7) is 5.82. The average Bonchev–Trinajstić information content (AvgIpc) is 2.35. The first-order chi connectivity index (χ1) is 8.80. The fraction of sp³-hybridized carbons (Fsp3) is 0.467. The fourth-order valence-corrected chi connectivity index (χ4v) is 2.39. The monoisotopic (exact) mass is 261 g/mol. The van der Waals surface area contributed by atoms with Crippen LogP contribution in [-0.2, 0) is 22.6 Å². The summed E-state index contributed by atoms with van der Waals surface area (Å²) >= 11 is 0. The summed E-state index contributed by atoms with van der Waals surface area (Å²) < 4.78 is 0. The highest BCUT2D eigenvalue weighted by molar-refractivity contribution is 5.87. The summed E-state index contributed by atoms with van der Waals surface area (Å²) in [5, 5.41) is 9.35. The van der Waals surface area contributed by atoms with Gasteiger partial charge in [-0.05, 0) is 11.1 Å². The van der Waals surface area contributed by atoms with Crippen LogP contribution in [0.15, 0.2) is 24.3 Å². The largest absolute Gasteiger partial charge is 0.480 e. The van der Waals surface area contributed by atoms with E-state index in [-0.39, 0.29) is 5.91 Å². The number of benzene rings is 1. The second-order valence-corrected chi connectivity index (χ2v) is 6.01. The number of hydrogen-bond donors (Lipinski definition) is 1. The third-order valence-electron chi connectivity index (χ3n) is 3.44. The minimum absolute atomic E-state index is 0.116. The van der Waals surface area contributed by atoms with Crippen LogP contribution in [0.2, 0.25) is 0 Å². The Morgan fingerprint density at radius 2 is 1.79 bits per heavy atom. The van der Waals surface area contributed by atoms with Crippen molar-refractivity contribution in [3.63, 3.8) is 0 Å². The summed E-state index contributed by atoms with van der Waals surface area (Å²) in [5.74, 6) is -1.05. The van der Waals surface area contributed by atoms with Crippen molar-refractivity contribution in [1.29, 1.82) is 0 Å². The van der Waals surface area contributed by atoms with E-state index in [0.717, 1.165) is 11.1 Å². The molecule has 1 heterocycles. The number of rotatable bonds is 1. The molecule has 0 aromatic heterocycles. The highest BCUT2D eigenvalue weighted by atomic mass is 16.4. The molecule has 0 aliphatic carbocycles. The van der Waals surface area contributed by atoms with Gasteiger partial charge in [-0.2, -0.15) is 0 Å². The molecule has 0 saturated heterocycles. The van der Waals surface area contributed by atoms with Crippen molar-refractivity contribution in [3.05, 3.63) is 35.4 Å². The molecule has 1 atom stereocenters. The lowest BCUT2D eigenvalue weighted by molar-refractivity contribution is -0.155. The van der Waals surface area contributed by atoms with Gasteiger partial charge in [-0.3, -0.25) is 4.79 Å². The van der Waals surface area contributed by atoms with Crippen LogP contribution in [0.1, 0.15) is 31.9 Å². The molecule has 1 aromatic carbocycles. The molecule has 1 aliphatic rings. The van der Waals surface area contributed by atoms with Gasteiger partial charge in [-0.25, -0.2) is 4.79 Å². The second kappa shape index (κ2) is 4.68. The van der Waals surface area contributed by atoms with Gasteiger partial charge in [0.2, 0.25) is 5.91 Å². The number of aliphatic carboxylic acids is 1. The van der Waals surface area contributed by atoms with Gasteiger partial charge in [0.25, 0.3) is 0 Å². The Labute approximate surface area is 113 Å². The molecule has 1 unspecified atom stereocenters. The molecule has 1 amide bonds. The number of carboxylic acids is 1. The first kappa shape index (κ1) is 13.6. The van der Waals surface area contributed by atoms with Gasteiger partial charge in [0.05, 0.1) is 0 Å². The number of carbonyl (C=O) groups excluding carboxylic acids is 1. The van der Waals surface area contributed by atoms with Crippen LogP contribution in [0.4, 0.5) is 0 Å². The van der Waals surface area contributed by atoms with Crippen molar-refractivity contribution in [3.8, 4) is 0 Å². The number of fused-ring (bicyclic) bond motifs is 1. The van der Waals surface area contributed by atoms with Gasteiger partial charge in [0.15, 0.2) is 0 Å².